The summed E-state index contributed by atoms with van der Waals surface area (Å²) in [4.78, 5) is 24.7. The van der Waals surface area contributed by atoms with Gasteiger partial charge in [0.2, 0.25) is 6.41 Å². The van der Waals surface area contributed by atoms with Gasteiger partial charge < -0.3 is 15.1 Å². The van der Waals surface area contributed by atoms with Crippen molar-refractivity contribution in [2.24, 2.45) is 0 Å². The Bertz CT molecular complexity index is 968. The molecule has 6 nitrogen and oxygen atoms in total. The first kappa shape index (κ1) is 18.9. The molecule has 0 aliphatic carbocycles. The minimum absolute atomic E-state index is 0.692. The van der Waals surface area contributed by atoms with Crippen molar-refractivity contribution in [2.75, 3.05) is 36.4 Å². The molecule has 0 unspecified atom stereocenters. The van der Waals surface area contributed by atoms with Crippen molar-refractivity contribution in [3.8, 4) is 11.4 Å². The number of aryl methyl sites for hydroxylation is 1. The molecule has 0 atom stereocenters. The third kappa shape index (κ3) is 4.37. The minimum atomic E-state index is 0.692. The number of hydrogen-bond acceptors (Lipinski definition) is 5. The maximum absolute atomic E-state index is 11.0. The summed E-state index contributed by atoms with van der Waals surface area (Å²) in [6.07, 6.45) is 1.86. The molecule has 0 bridgehead atoms. The van der Waals surface area contributed by atoms with Gasteiger partial charge in [-0.2, -0.15) is 0 Å². The van der Waals surface area contributed by atoms with E-state index in [-0.39, 0.29) is 0 Å². The standard InChI is InChI=1S/C23H25N5O/c1-2-18-8-6-7-11-20(18)24-21-16-22(28-14-12-27(17-29)13-15-28)26-23(25-21)19-9-4-3-5-10-19/h3-11,16-17H,2,12-15H2,1H3,(H,24,25,26). The van der Waals surface area contributed by atoms with Crippen LogP contribution in [0.15, 0.2) is 60.7 Å². The maximum Gasteiger partial charge on any atom is 0.209 e. The third-order valence-electron chi connectivity index (χ3n) is 5.19. The first-order valence-corrected chi connectivity index (χ1v) is 10.0. The smallest absolute Gasteiger partial charge is 0.209 e. The van der Waals surface area contributed by atoms with Crippen LogP contribution in [0.4, 0.5) is 17.3 Å². The topological polar surface area (TPSA) is 61.4 Å². The molecule has 0 saturated carbocycles. The quantitative estimate of drug-likeness (QED) is 0.653. The highest BCUT2D eigenvalue weighted by molar-refractivity contribution is 5.67. The van der Waals surface area contributed by atoms with E-state index >= 15 is 0 Å². The van der Waals surface area contributed by atoms with Gasteiger partial charge in [-0.3, -0.25) is 4.79 Å². The van der Waals surface area contributed by atoms with Crippen molar-refractivity contribution in [1.29, 1.82) is 0 Å². The van der Waals surface area contributed by atoms with Crippen LogP contribution >= 0.6 is 0 Å². The van der Waals surface area contributed by atoms with Gasteiger partial charge in [0.25, 0.3) is 0 Å². The van der Waals surface area contributed by atoms with Crippen LogP contribution in [-0.4, -0.2) is 47.5 Å². The lowest BCUT2D eigenvalue weighted by molar-refractivity contribution is -0.118. The Kier molecular flexibility index (Phi) is 5.70. The molecule has 148 valence electrons. The van der Waals surface area contributed by atoms with Gasteiger partial charge in [-0.25, -0.2) is 9.97 Å². The van der Waals surface area contributed by atoms with Gasteiger partial charge in [0.15, 0.2) is 5.82 Å². The number of anilines is 3. The zero-order valence-corrected chi connectivity index (χ0v) is 16.6. The van der Waals surface area contributed by atoms with Gasteiger partial charge in [-0.05, 0) is 18.1 Å². The lowest BCUT2D eigenvalue weighted by atomic mass is 10.1. The van der Waals surface area contributed by atoms with E-state index in [2.05, 4.69) is 35.3 Å². The molecular weight excluding hydrogens is 362 g/mol. The number of nitrogens with zero attached hydrogens (tertiary/aromatic N) is 4. The van der Waals surface area contributed by atoms with E-state index in [0.29, 0.717) is 18.9 Å². The van der Waals surface area contributed by atoms with E-state index in [0.717, 1.165) is 48.8 Å². The van der Waals surface area contributed by atoms with E-state index < -0.39 is 0 Å². The molecule has 2 aromatic carbocycles. The molecule has 1 amide bonds. The summed E-state index contributed by atoms with van der Waals surface area (Å²) in [6, 6.07) is 20.3. The van der Waals surface area contributed by atoms with E-state index in [1.54, 1.807) is 4.90 Å². The molecule has 0 spiro atoms. The molecule has 4 rings (SSSR count). The number of benzene rings is 2. The van der Waals surface area contributed by atoms with Crippen LogP contribution in [0.1, 0.15) is 12.5 Å². The van der Waals surface area contributed by atoms with Crippen molar-refractivity contribution in [1.82, 2.24) is 14.9 Å². The van der Waals surface area contributed by atoms with Crippen LogP contribution in [0, 0.1) is 0 Å². The first-order valence-electron chi connectivity index (χ1n) is 10.0. The van der Waals surface area contributed by atoms with Crippen LogP contribution < -0.4 is 10.2 Å². The number of nitrogens with one attached hydrogen (secondary N) is 1. The van der Waals surface area contributed by atoms with E-state index in [1.165, 1.54) is 5.56 Å². The fourth-order valence-corrected chi connectivity index (χ4v) is 3.52. The highest BCUT2D eigenvalue weighted by atomic mass is 16.1. The number of aromatic nitrogens is 2. The van der Waals surface area contributed by atoms with Crippen molar-refractivity contribution in [3.63, 3.8) is 0 Å². The number of hydrogen-bond donors (Lipinski definition) is 1. The molecule has 3 aromatic rings. The molecule has 1 aromatic heterocycles. The number of para-hydroxylation sites is 1. The highest BCUT2D eigenvalue weighted by Crippen LogP contribution is 2.26. The summed E-state index contributed by atoms with van der Waals surface area (Å²) in [5.74, 6) is 2.34. The average molecular weight is 387 g/mol. The van der Waals surface area contributed by atoms with Gasteiger partial charge in [0.1, 0.15) is 11.6 Å². The number of piperazine rings is 1. The van der Waals surface area contributed by atoms with Crippen molar-refractivity contribution < 1.29 is 4.79 Å². The van der Waals surface area contributed by atoms with Crippen molar-refractivity contribution in [3.05, 3.63) is 66.2 Å². The van der Waals surface area contributed by atoms with Gasteiger partial charge in [0, 0.05) is 43.5 Å². The summed E-state index contributed by atoms with van der Waals surface area (Å²) in [6.45, 7) is 5.07. The molecule has 1 N–H and O–H groups in total. The summed E-state index contributed by atoms with van der Waals surface area (Å²) in [5, 5.41) is 3.49. The van der Waals surface area contributed by atoms with Crippen LogP contribution in [0.25, 0.3) is 11.4 Å². The zero-order valence-electron chi connectivity index (χ0n) is 16.6. The molecule has 1 aliphatic heterocycles. The molecule has 2 heterocycles. The summed E-state index contributed by atoms with van der Waals surface area (Å²) < 4.78 is 0. The maximum atomic E-state index is 11.0. The lowest BCUT2D eigenvalue weighted by Crippen LogP contribution is -2.46. The fraction of sp³-hybridized carbons (Fsp3) is 0.261. The monoisotopic (exact) mass is 387 g/mol. The predicted molar refractivity (Wildman–Crippen MR) is 116 cm³/mol. The van der Waals surface area contributed by atoms with E-state index in [9.17, 15) is 4.79 Å². The largest absolute Gasteiger partial charge is 0.353 e. The zero-order chi connectivity index (χ0) is 20.1. The average Bonchev–Trinajstić information content (AvgIpc) is 2.80. The lowest BCUT2D eigenvalue weighted by Gasteiger charge is -2.33. The van der Waals surface area contributed by atoms with Gasteiger partial charge in [0.05, 0.1) is 0 Å². The highest BCUT2D eigenvalue weighted by Gasteiger charge is 2.19. The summed E-state index contributed by atoms with van der Waals surface area (Å²) in [5.41, 5.74) is 3.28. The van der Waals surface area contributed by atoms with E-state index in [1.807, 2.05) is 42.5 Å². The second-order valence-electron chi connectivity index (χ2n) is 7.07. The number of carbonyl (C=O) groups excluding carboxylic acids is 1. The van der Waals surface area contributed by atoms with Crippen LogP contribution in [0.5, 0.6) is 0 Å². The Labute approximate surface area is 171 Å². The normalized spacial score (nSPS) is 14.0. The Hall–Kier alpha value is -3.41. The number of carbonyl (C=O) groups is 1. The van der Waals surface area contributed by atoms with Crippen molar-refractivity contribution >= 4 is 23.7 Å². The minimum Gasteiger partial charge on any atom is -0.353 e. The molecular formula is C23H25N5O. The Morgan fingerprint density at radius 1 is 0.966 bits per heavy atom. The Morgan fingerprint density at radius 2 is 1.69 bits per heavy atom. The van der Waals surface area contributed by atoms with Gasteiger partial charge in [-0.1, -0.05) is 55.5 Å². The summed E-state index contributed by atoms with van der Waals surface area (Å²) in [7, 11) is 0. The molecule has 1 aliphatic rings. The third-order valence-corrected chi connectivity index (χ3v) is 5.19. The fourth-order valence-electron chi connectivity index (χ4n) is 3.52. The molecule has 29 heavy (non-hydrogen) atoms. The Balaban J connectivity index is 1.69. The van der Waals surface area contributed by atoms with Gasteiger partial charge >= 0.3 is 0 Å². The van der Waals surface area contributed by atoms with E-state index in [4.69, 9.17) is 9.97 Å². The van der Waals surface area contributed by atoms with Crippen LogP contribution in [-0.2, 0) is 11.2 Å². The number of rotatable bonds is 6. The second-order valence-corrected chi connectivity index (χ2v) is 7.07. The first-order chi connectivity index (χ1) is 14.3. The SMILES string of the molecule is CCc1ccccc1Nc1cc(N2CCN(C=O)CC2)nc(-c2ccccc2)n1. The molecule has 1 saturated heterocycles. The second kappa shape index (κ2) is 8.73. The van der Waals surface area contributed by atoms with Crippen LogP contribution in [0.3, 0.4) is 0 Å². The van der Waals surface area contributed by atoms with Crippen molar-refractivity contribution in [2.45, 2.75) is 13.3 Å². The molecule has 0 radical (unpaired) electrons. The summed E-state index contributed by atoms with van der Waals surface area (Å²) >= 11 is 0. The predicted octanol–water partition coefficient (Wildman–Crippen LogP) is 3.73. The molecule has 1 fully saturated rings. The Morgan fingerprint density at radius 3 is 2.41 bits per heavy atom. The van der Waals surface area contributed by atoms with Crippen LogP contribution in [0.2, 0.25) is 0 Å². The number of amides is 1. The van der Waals surface area contributed by atoms with Gasteiger partial charge in [-0.15, -0.1) is 0 Å². The molecule has 6 heteroatoms.